The standard InChI is InChI=1S/C17H26N2O3S/c1-14-7-8-16(13-15(14)2)17(20)18-9-12-23(21,22)19-10-5-3-4-6-11-19/h7-8,13H,3-6,9-12H2,1-2H3,(H,18,20). The van der Waals surface area contributed by atoms with E-state index in [1.54, 1.807) is 10.4 Å². The van der Waals surface area contributed by atoms with Crippen LogP contribution in [0.15, 0.2) is 18.2 Å². The van der Waals surface area contributed by atoms with Gasteiger partial charge in [0.15, 0.2) is 0 Å². The van der Waals surface area contributed by atoms with E-state index in [1.165, 1.54) is 0 Å². The highest BCUT2D eigenvalue weighted by molar-refractivity contribution is 7.89. The Morgan fingerprint density at radius 2 is 1.74 bits per heavy atom. The summed E-state index contributed by atoms with van der Waals surface area (Å²) in [4.78, 5) is 12.1. The molecule has 5 nitrogen and oxygen atoms in total. The van der Waals surface area contributed by atoms with Crippen molar-refractivity contribution in [2.75, 3.05) is 25.4 Å². The van der Waals surface area contributed by atoms with Crippen LogP contribution in [-0.4, -0.2) is 44.0 Å². The van der Waals surface area contributed by atoms with E-state index in [9.17, 15) is 13.2 Å². The van der Waals surface area contributed by atoms with E-state index in [-0.39, 0.29) is 18.2 Å². The molecule has 1 aromatic rings. The molecule has 0 aromatic heterocycles. The van der Waals surface area contributed by atoms with Gasteiger partial charge < -0.3 is 5.32 Å². The summed E-state index contributed by atoms with van der Waals surface area (Å²) < 4.78 is 26.2. The summed E-state index contributed by atoms with van der Waals surface area (Å²) >= 11 is 0. The van der Waals surface area contributed by atoms with E-state index in [4.69, 9.17) is 0 Å². The molecular formula is C17H26N2O3S. The van der Waals surface area contributed by atoms with Crippen molar-refractivity contribution < 1.29 is 13.2 Å². The molecule has 0 bridgehead atoms. The quantitative estimate of drug-likeness (QED) is 0.895. The maximum absolute atomic E-state index is 12.3. The second-order valence-electron chi connectivity index (χ2n) is 6.18. The number of hydrogen-bond donors (Lipinski definition) is 1. The highest BCUT2D eigenvalue weighted by Gasteiger charge is 2.22. The number of carbonyl (C=O) groups excluding carboxylic acids is 1. The first-order chi connectivity index (χ1) is 10.9. The Morgan fingerprint density at radius 1 is 1.09 bits per heavy atom. The normalized spacial score (nSPS) is 16.8. The van der Waals surface area contributed by atoms with Crippen LogP contribution in [0.5, 0.6) is 0 Å². The molecule has 23 heavy (non-hydrogen) atoms. The van der Waals surface area contributed by atoms with Crippen LogP contribution in [0.2, 0.25) is 0 Å². The van der Waals surface area contributed by atoms with Gasteiger partial charge in [0.25, 0.3) is 5.91 Å². The maximum atomic E-state index is 12.3. The lowest BCUT2D eigenvalue weighted by Crippen LogP contribution is -2.38. The zero-order chi connectivity index (χ0) is 16.9. The number of benzene rings is 1. The Balaban J connectivity index is 1.87. The summed E-state index contributed by atoms with van der Waals surface area (Å²) in [5.41, 5.74) is 2.75. The molecule has 1 N–H and O–H groups in total. The van der Waals surface area contributed by atoms with Crippen LogP contribution in [0.4, 0.5) is 0 Å². The molecule has 128 valence electrons. The fourth-order valence-corrected chi connectivity index (χ4v) is 4.16. The van der Waals surface area contributed by atoms with E-state index in [0.717, 1.165) is 36.8 Å². The molecule has 1 heterocycles. The molecule has 1 amide bonds. The lowest BCUT2D eigenvalue weighted by Gasteiger charge is -2.19. The van der Waals surface area contributed by atoms with Crippen molar-refractivity contribution in [3.63, 3.8) is 0 Å². The fraction of sp³-hybridized carbons (Fsp3) is 0.588. The molecule has 0 saturated carbocycles. The molecule has 1 aliphatic heterocycles. The molecule has 1 saturated heterocycles. The van der Waals surface area contributed by atoms with Gasteiger partial charge in [0.05, 0.1) is 5.75 Å². The largest absolute Gasteiger partial charge is 0.351 e. The molecule has 6 heteroatoms. The maximum Gasteiger partial charge on any atom is 0.251 e. The number of amides is 1. The molecule has 2 rings (SSSR count). The lowest BCUT2D eigenvalue weighted by molar-refractivity contribution is 0.0956. The average Bonchev–Trinajstić information content (AvgIpc) is 2.79. The van der Waals surface area contributed by atoms with Gasteiger partial charge in [-0.2, -0.15) is 0 Å². The van der Waals surface area contributed by atoms with Crippen molar-refractivity contribution in [2.24, 2.45) is 0 Å². The molecule has 0 unspecified atom stereocenters. The fourth-order valence-electron chi connectivity index (χ4n) is 2.73. The van der Waals surface area contributed by atoms with Crippen molar-refractivity contribution >= 4 is 15.9 Å². The molecular weight excluding hydrogens is 312 g/mol. The first-order valence-electron chi connectivity index (χ1n) is 8.23. The summed E-state index contributed by atoms with van der Waals surface area (Å²) in [6, 6.07) is 5.49. The molecule has 1 fully saturated rings. The van der Waals surface area contributed by atoms with Crippen molar-refractivity contribution in [1.29, 1.82) is 0 Å². The highest BCUT2D eigenvalue weighted by atomic mass is 32.2. The smallest absolute Gasteiger partial charge is 0.251 e. The summed E-state index contributed by atoms with van der Waals surface area (Å²) in [6.45, 7) is 5.30. The Bertz CT molecular complexity index is 648. The Hall–Kier alpha value is -1.40. The number of nitrogens with one attached hydrogen (secondary N) is 1. The summed E-state index contributed by atoms with van der Waals surface area (Å²) in [6.07, 6.45) is 4.04. The van der Waals surface area contributed by atoms with E-state index in [0.29, 0.717) is 18.7 Å². The van der Waals surface area contributed by atoms with Gasteiger partial charge in [-0.05, 0) is 49.9 Å². The summed E-state index contributed by atoms with van der Waals surface area (Å²) in [5, 5.41) is 2.71. The first-order valence-corrected chi connectivity index (χ1v) is 9.84. The second-order valence-corrected chi connectivity index (χ2v) is 8.27. The van der Waals surface area contributed by atoms with Crippen molar-refractivity contribution in [3.05, 3.63) is 34.9 Å². The monoisotopic (exact) mass is 338 g/mol. The first kappa shape index (κ1) is 17.9. The van der Waals surface area contributed by atoms with Crippen LogP contribution in [0.25, 0.3) is 0 Å². The van der Waals surface area contributed by atoms with Gasteiger partial charge in [-0.25, -0.2) is 12.7 Å². The third kappa shape index (κ3) is 5.04. The van der Waals surface area contributed by atoms with E-state index in [1.807, 2.05) is 26.0 Å². The van der Waals surface area contributed by atoms with Crippen molar-refractivity contribution in [3.8, 4) is 0 Å². The molecule has 1 aromatic carbocycles. The molecule has 0 spiro atoms. The number of hydrogen-bond acceptors (Lipinski definition) is 3. The van der Waals surface area contributed by atoms with Gasteiger partial charge in [0, 0.05) is 25.2 Å². The van der Waals surface area contributed by atoms with Gasteiger partial charge in [-0.3, -0.25) is 4.79 Å². The minimum absolute atomic E-state index is 0.0381. The number of rotatable bonds is 5. The van der Waals surface area contributed by atoms with Gasteiger partial charge in [-0.1, -0.05) is 18.9 Å². The van der Waals surface area contributed by atoms with E-state index < -0.39 is 10.0 Å². The number of nitrogens with zero attached hydrogens (tertiary/aromatic N) is 1. The van der Waals surface area contributed by atoms with Crippen LogP contribution in [0.3, 0.4) is 0 Å². The zero-order valence-corrected chi connectivity index (χ0v) is 14.8. The Morgan fingerprint density at radius 3 is 2.35 bits per heavy atom. The predicted molar refractivity (Wildman–Crippen MR) is 92.1 cm³/mol. The Kier molecular flexibility index (Phi) is 6.18. The Labute approximate surface area is 139 Å². The van der Waals surface area contributed by atoms with Crippen LogP contribution in [-0.2, 0) is 10.0 Å². The third-order valence-corrected chi connectivity index (χ3v) is 6.25. The van der Waals surface area contributed by atoms with Crippen LogP contribution in [0, 0.1) is 13.8 Å². The highest BCUT2D eigenvalue weighted by Crippen LogP contribution is 2.13. The van der Waals surface area contributed by atoms with Gasteiger partial charge in [-0.15, -0.1) is 0 Å². The lowest BCUT2D eigenvalue weighted by atomic mass is 10.1. The van der Waals surface area contributed by atoms with Crippen LogP contribution in [0.1, 0.15) is 47.2 Å². The number of aryl methyl sites for hydroxylation is 2. The van der Waals surface area contributed by atoms with Crippen molar-refractivity contribution in [1.82, 2.24) is 9.62 Å². The summed E-state index contributed by atoms with van der Waals surface area (Å²) in [5.74, 6) is -0.261. The average molecular weight is 338 g/mol. The zero-order valence-electron chi connectivity index (χ0n) is 14.0. The topological polar surface area (TPSA) is 66.5 Å². The van der Waals surface area contributed by atoms with Crippen LogP contribution >= 0.6 is 0 Å². The molecule has 0 atom stereocenters. The minimum Gasteiger partial charge on any atom is -0.351 e. The van der Waals surface area contributed by atoms with Gasteiger partial charge >= 0.3 is 0 Å². The van der Waals surface area contributed by atoms with Gasteiger partial charge in [0.1, 0.15) is 0 Å². The minimum atomic E-state index is -3.28. The predicted octanol–water partition coefficient (Wildman–Crippen LogP) is 2.24. The van der Waals surface area contributed by atoms with Crippen LogP contribution < -0.4 is 5.32 Å². The second kappa shape index (κ2) is 7.93. The SMILES string of the molecule is Cc1ccc(C(=O)NCCS(=O)(=O)N2CCCCCC2)cc1C. The third-order valence-electron chi connectivity index (χ3n) is 4.37. The molecule has 0 radical (unpaired) electrons. The van der Waals surface area contributed by atoms with Crippen molar-refractivity contribution in [2.45, 2.75) is 39.5 Å². The van der Waals surface area contributed by atoms with E-state index in [2.05, 4.69) is 5.32 Å². The summed E-state index contributed by atoms with van der Waals surface area (Å²) in [7, 11) is -3.28. The molecule has 1 aliphatic rings. The number of carbonyl (C=O) groups is 1. The molecule has 0 aliphatic carbocycles. The van der Waals surface area contributed by atoms with Gasteiger partial charge in [0.2, 0.25) is 10.0 Å². The number of sulfonamides is 1. The van der Waals surface area contributed by atoms with E-state index >= 15 is 0 Å².